The number of ether oxygens (including phenoxy) is 2. The maximum absolute atomic E-state index is 12.5. The second-order valence-corrected chi connectivity index (χ2v) is 6.38. The summed E-state index contributed by atoms with van der Waals surface area (Å²) in [6.07, 6.45) is 3.08. The summed E-state index contributed by atoms with van der Waals surface area (Å²) in [5.41, 5.74) is 0.787. The molecule has 0 atom stereocenters. The van der Waals surface area contributed by atoms with E-state index in [-0.39, 0.29) is 12.3 Å². The van der Waals surface area contributed by atoms with Gasteiger partial charge >= 0.3 is 5.63 Å². The van der Waals surface area contributed by atoms with Crippen LogP contribution in [-0.4, -0.2) is 26.7 Å². The van der Waals surface area contributed by atoms with Crippen molar-refractivity contribution in [2.75, 3.05) is 20.8 Å². The molecule has 0 radical (unpaired) electrons. The molecule has 0 aliphatic heterocycles. The number of carbonyl (C=O) groups is 1. The van der Waals surface area contributed by atoms with Crippen LogP contribution in [0, 0.1) is 6.92 Å². The van der Waals surface area contributed by atoms with Gasteiger partial charge in [-0.1, -0.05) is 0 Å². The van der Waals surface area contributed by atoms with Crippen molar-refractivity contribution >= 4 is 16.9 Å². The minimum atomic E-state index is -0.553. The van der Waals surface area contributed by atoms with Crippen LogP contribution in [0.25, 0.3) is 11.0 Å². The molecular weight excluding hydrogens is 362 g/mol. The first kappa shape index (κ1) is 19.5. The summed E-state index contributed by atoms with van der Waals surface area (Å²) in [4.78, 5) is 24.8. The van der Waals surface area contributed by atoms with Crippen LogP contribution in [0.1, 0.15) is 23.3 Å². The maximum Gasteiger partial charge on any atom is 0.340 e. The lowest BCUT2D eigenvalue weighted by Crippen LogP contribution is -2.28. The molecule has 1 amide bonds. The second-order valence-electron chi connectivity index (χ2n) is 6.38. The number of carbonyl (C=O) groups excluding carboxylic acids is 1. The van der Waals surface area contributed by atoms with Gasteiger partial charge in [-0.05, 0) is 43.2 Å². The van der Waals surface area contributed by atoms with E-state index in [0.29, 0.717) is 40.1 Å². The molecule has 1 aromatic carbocycles. The van der Waals surface area contributed by atoms with Gasteiger partial charge in [-0.3, -0.25) is 4.79 Å². The highest BCUT2D eigenvalue weighted by atomic mass is 16.5. The van der Waals surface area contributed by atoms with E-state index in [4.69, 9.17) is 18.3 Å². The number of fused-ring (bicyclic) bond motifs is 1. The fourth-order valence-electron chi connectivity index (χ4n) is 3.14. The Morgan fingerprint density at radius 3 is 2.68 bits per heavy atom. The fraction of sp³-hybridized carbons (Fsp3) is 0.333. The molecule has 0 bridgehead atoms. The number of furan rings is 1. The van der Waals surface area contributed by atoms with Crippen molar-refractivity contribution in [1.82, 2.24) is 5.32 Å². The van der Waals surface area contributed by atoms with Gasteiger partial charge in [0.05, 0.1) is 32.5 Å². The molecular formula is C21H23NO6. The van der Waals surface area contributed by atoms with Gasteiger partial charge in [0.2, 0.25) is 11.7 Å². The van der Waals surface area contributed by atoms with Crippen LogP contribution in [0.15, 0.2) is 44.2 Å². The van der Waals surface area contributed by atoms with Gasteiger partial charge in [0, 0.05) is 18.4 Å². The number of nitrogens with one attached hydrogen (secondary N) is 1. The van der Waals surface area contributed by atoms with E-state index in [2.05, 4.69) is 5.32 Å². The first-order chi connectivity index (χ1) is 13.5. The van der Waals surface area contributed by atoms with Crippen LogP contribution in [0.2, 0.25) is 0 Å². The van der Waals surface area contributed by atoms with Crippen molar-refractivity contribution in [1.29, 1.82) is 0 Å². The highest BCUT2D eigenvalue weighted by molar-refractivity contribution is 5.89. The van der Waals surface area contributed by atoms with E-state index in [1.807, 2.05) is 12.1 Å². The third-order valence-corrected chi connectivity index (χ3v) is 4.64. The summed E-state index contributed by atoms with van der Waals surface area (Å²) in [5, 5.41) is 3.54. The van der Waals surface area contributed by atoms with Crippen molar-refractivity contribution in [3.05, 3.63) is 57.8 Å². The Bertz CT molecular complexity index is 1020. The average molecular weight is 385 g/mol. The minimum absolute atomic E-state index is 0.0425. The number of rotatable bonds is 8. The molecule has 0 aliphatic carbocycles. The molecule has 0 fully saturated rings. The second kappa shape index (κ2) is 8.65. The molecule has 0 spiro atoms. The quantitative estimate of drug-likeness (QED) is 0.473. The van der Waals surface area contributed by atoms with E-state index in [9.17, 15) is 9.59 Å². The molecule has 28 heavy (non-hydrogen) atoms. The van der Waals surface area contributed by atoms with Gasteiger partial charge in [0.15, 0.2) is 11.3 Å². The van der Waals surface area contributed by atoms with E-state index in [1.54, 1.807) is 25.3 Å². The normalized spacial score (nSPS) is 10.8. The zero-order valence-corrected chi connectivity index (χ0v) is 16.2. The standard InChI is InChI=1S/C21H23NO6/c1-13-15-8-9-17(25-2)20(26-3)19(15)28-21(24)16(13)12-18(23)22-10-4-6-14-7-5-11-27-14/h5,7-9,11H,4,6,10,12H2,1-3H3,(H,22,23). The SMILES string of the molecule is COc1ccc2c(C)c(CC(=O)NCCCc3ccco3)c(=O)oc2c1OC. The summed E-state index contributed by atoms with van der Waals surface area (Å²) in [7, 11) is 3.00. The number of benzene rings is 1. The first-order valence-corrected chi connectivity index (χ1v) is 9.01. The number of aryl methyl sites for hydroxylation is 2. The van der Waals surface area contributed by atoms with Crippen LogP contribution >= 0.6 is 0 Å². The van der Waals surface area contributed by atoms with Crippen LogP contribution in [0.5, 0.6) is 11.5 Å². The summed E-state index contributed by atoms with van der Waals surface area (Å²) >= 11 is 0. The first-order valence-electron chi connectivity index (χ1n) is 9.01. The Morgan fingerprint density at radius 1 is 1.18 bits per heavy atom. The molecule has 3 aromatic rings. The Hall–Kier alpha value is -3.22. The molecule has 7 nitrogen and oxygen atoms in total. The van der Waals surface area contributed by atoms with Crippen molar-refractivity contribution in [3.8, 4) is 11.5 Å². The van der Waals surface area contributed by atoms with Crippen LogP contribution in [0.4, 0.5) is 0 Å². The fourth-order valence-corrected chi connectivity index (χ4v) is 3.14. The molecule has 2 heterocycles. The molecule has 0 aliphatic rings. The highest BCUT2D eigenvalue weighted by Crippen LogP contribution is 2.36. The predicted molar refractivity (Wildman–Crippen MR) is 104 cm³/mol. The zero-order valence-electron chi connectivity index (χ0n) is 16.2. The van der Waals surface area contributed by atoms with Crippen LogP contribution in [-0.2, 0) is 17.6 Å². The van der Waals surface area contributed by atoms with Crippen molar-refractivity contribution < 1.29 is 23.1 Å². The molecule has 0 unspecified atom stereocenters. The smallest absolute Gasteiger partial charge is 0.340 e. The van der Waals surface area contributed by atoms with Crippen molar-refractivity contribution in [2.45, 2.75) is 26.2 Å². The number of methoxy groups -OCH3 is 2. The molecule has 2 aromatic heterocycles. The lowest BCUT2D eigenvalue weighted by Gasteiger charge is -2.12. The lowest BCUT2D eigenvalue weighted by atomic mass is 10.0. The third kappa shape index (κ3) is 4.03. The molecule has 7 heteroatoms. The van der Waals surface area contributed by atoms with E-state index < -0.39 is 5.63 Å². The van der Waals surface area contributed by atoms with E-state index in [1.165, 1.54) is 14.2 Å². The Kier molecular flexibility index (Phi) is 6.03. The number of hydrogen-bond acceptors (Lipinski definition) is 6. The molecule has 3 rings (SSSR count). The van der Waals surface area contributed by atoms with Crippen molar-refractivity contribution in [3.63, 3.8) is 0 Å². The summed E-state index contributed by atoms with van der Waals surface area (Å²) in [5.74, 6) is 1.48. The lowest BCUT2D eigenvalue weighted by molar-refractivity contribution is -0.120. The average Bonchev–Trinajstić information content (AvgIpc) is 3.21. The molecule has 148 valence electrons. The van der Waals surface area contributed by atoms with Crippen molar-refractivity contribution in [2.24, 2.45) is 0 Å². The number of hydrogen-bond donors (Lipinski definition) is 1. The monoisotopic (exact) mass is 385 g/mol. The van der Waals surface area contributed by atoms with Gasteiger partial charge in [0.25, 0.3) is 0 Å². The predicted octanol–water partition coefficient (Wildman–Crippen LogP) is 3.00. The summed E-state index contributed by atoms with van der Waals surface area (Å²) in [6.45, 7) is 2.30. The van der Waals surface area contributed by atoms with Crippen LogP contribution in [0.3, 0.4) is 0 Å². The Labute approximate surface area is 162 Å². The summed E-state index contributed by atoms with van der Waals surface area (Å²) < 4.78 is 21.3. The Balaban J connectivity index is 1.73. The van der Waals surface area contributed by atoms with Crippen LogP contribution < -0.4 is 20.4 Å². The maximum atomic E-state index is 12.5. The molecule has 1 N–H and O–H groups in total. The van der Waals surface area contributed by atoms with Gasteiger partial charge in [-0.2, -0.15) is 0 Å². The minimum Gasteiger partial charge on any atom is -0.493 e. The Morgan fingerprint density at radius 2 is 2.00 bits per heavy atom. The summed E-state index contributed by atoms with van der Waals surface area (Å²) in [6, 6.07) is 7.27. The van der Waals surface area contributed by atoms with E-state index >= 15 is 0 Å². The van der Waals surface area contributed by atoms with Gasteiger partial charge in [-0.15, -0.1) is 0 Å². The topological polar surface area (TPSA) is 90.9 Å². The van der Waals surface area contributed by atoms with Gasteiger partial charge < -0.3 is 23.6 Å². The highest BCUT2D eigenvalue weighted by Gasteiger charge is 2.19. The zero-order chi connectivity index (χ0) is 20.1. The molecule has 0 saturated carbocycles. The van der Waals surface area contributed by atoms with E-state index in [0.717, 1.165) is 18.6 Å². The van der Waals surface area contributed by atoms with Gasteiger partial charge in [-0.25, -0.2) is 4.79 Å². The number of amides is 1. The molecule has 0 saturated heterocycles. The van der Waals surface area contributed by atoms with Gasteiger partial charge in [0.1, 0.15) is 5.76 Å². The largest absolute Gasteiger partial charge is 0.493 e. The third-order valence-electron chi connectivity index (χ3n) is 4.64.